The van der Waals surface area contributed by atoms with Crippen molar-refractivity contribution < 1.29 is 14.3 Å². The number of carboxylic acid groups (broad SMARTS) is 1. The SMILES string of the molecule is CSc1ccc(C(=O)O)c(F)n1. The number of aromatic nitrogens is 1. The molecule has 0 atom stereocenters. The van der Waals surface area contributed by atoms with Crippen molar-refractivity contribution in [2.45, 2.75) is 5.03 Å². The maximum absolute atomic E-state index is 12.8. The van der Waals surface area contributed by atoms with Crippen LogP contribution < -0.4 is 0 Å². The van der Waals surface area contributed by atoms with Gasteiger partial charge in [0.05, 0.1) is 5.03 Å². The molecule has 0 saturated carbocycles. The normalized spacial score (nSPS) is 9.83. The predicted octanol–water partition coefficient (Wildman–Crippen LogP) is 1.64. The molecular weight excluding hydrogens is 181 g/mol. The van der Waals surface area contributed by atoms with Crippen LogP contribution in [0.5, 0.6) is 0 Å². The van der Waals surface area contributed by atoms with Crippen LogP contribution in [0, 0.1) is 5.95 Å². The molecule has 0 fully saturated rings. The van der Waals surface area contributed by atoms with Crippen molar-refractivity contribution in [3.05, 3.63) is 23.6 Å². The highest BCUT2D eigenvalue weighted by atomic mass is 32.2. The van der Waals surface area contributed by atoms with Crippen LogP contribution in [0.15, 0.2) is 17.2 Å². The van der Waals surface area contributed by atoms with E-state index < -0.39 is 17.5 Å². The van der Waals surface area contributed by atoms with Gasteiger partial charge < -0.3 is 5.11 Å². The van der Waals surface area contributed by atoms with Crippen LogP contribution >= 0.6 is 11.8 Å². The smallest absolute Gasteiger partial charge is 0.340 e. The molecule has 5 heteroatoms. The van der Waals surface area contributed by atoms with Gasteiger partial charge in [-0.1, -0.05) is 0 Å². The summed E-state index contributed by atoms with van der Waals surface area (Å²) in [5, 5.41) is 8.91. The van der Waals surface area contributed by atoms with Gasteiger partial charge in [0.15, 0.2) is 0 Å². The third-order valence-electron chi connectivity index (χ3n) is 1.26. The summed E-state index contributed by atoms with van der Waals surface area (Å²) >= 11 is 1.26. The van der Waals surface area contributed by atoms with Crippen molar-refractivity contribution in [3.63, 3.8) is 0 Å². The van der Waals surface area contributed by atoms with Crippen molar-refractivity contribution in [2.24, 2.45) is 0 Å². The highest BCUT2D eigenvalue weighted by Crippen LogP contribution is 2.13. The van der Waals surface area contributed by atoms with Crippen LogP contribution in [0.4, 0.5) is 4.39 Å². The Morgan fingerprint density at radius 1 is 1.67 bits per heavy atom. The minimum atomic E-state index is -1.30. The maximum atomic E-state index is 12.8. The second-order valence-electron chi connectivity index (χ2n) is 2.00. The van der Waals surface area contributed by atoms with E-state index in [9.17, 15) is 9.18 Å². The minimum absolute atomic E-state index is 0.396. The Balaban J connectivity index is 3.12. The molecule has 12 heavy (non-hydrogen) atoms. The van der Waals surface area contributed by atoms with E-state index in [0.29, 0.717) is 5.03 Å². The van der Waals surface area contributed by atoms with E-state index in [1.165, 1.54) is 23.9 Å². The molecule has 0 bridgehead atoms. The van der Waals surface area contributed by atoms with E-state index in [-0.39, 0.29) is 0 Å². The van der Waals surface area contributed by atoms with Gasteiger partial charge in [-0.15, -0.1) is 11.8 Å². The molecule has 0 saturated heterocycles. The fourth-order valence-electron chi connectivity index (χ4n) is 0.691. The summed E-state index contributed by atoms with van der Waals surface area (Å²) in [6, 6.07) is 2.67. The number of hydrogen-bond donors (Lipinski definition) is 1. The van der Waals surface area contributed by atoms with Gasteiger partial charge in [0.1, 0.15) is 5.56 Å². The molecule has 64 valence electrons. The van der Waals surface area contributed by atoms with E-state index in [1.807, 2.05) is 0 Å². The van der Waals surface area contributed by atoms with Crippen molar-refractivity contribution in [1.82, 2.24) is 4.98 Å². The summed E-state index contributed by atoms with van der Waals surface area (Å²) in [7, 11) is 0. The van der Waals surface area contributed by atoms with Crippen LogP contribution in [-0.4, -0.2) is 22.3 Å². The van der Waals surface area contributed by atoms with Gasteiger partial charge in [-0.25, -0.2) is 9.78 Å². The molecule has 1 aromatic rings. The number of aromatic carboxylic acids is 1. The minimum Gasteiger partial charge on any atom is -0.478 e. The molecule has 1 rings (SSSR count). The Hall–Kier alpha value is -1.10. The molecular formula is C7H6FNO2S. The second kappa shape index (κ2) is 3.53. The van der Waals surface area contributed by atoms with Gasteiger partial charge in [-0.3, -0.25) is 0 Å². The van der Waals surface area contributed by atoms with Gasteiger partial charge in [0.25, 0.3) is 0 Å². The number of carboxylic acids is 1. The number of thioether (sulfide) groups is 1. The molecule has 3 nitrogen and oxygen atoms in total. The zero-order valence-electron chi connectivity index (χ0n) is 6.24. The van der Waals surface area contributed by atoms with Gasteiger partial charge in [-0.2, -0.15) is 4.39 Å². The molecule has 0 aliphatic carbocycles. The van der Waals surface area contributed by atoms with E-state index in [0.717, 1.165) is 0 Å². The summed E-state index contributed by atoms with van der Waals surface area (Å²) in [6.07, 6.45) is 1.74. The Morgan fingerprint density at radius 3 is 2.75 bits per heavy atom. The molecule has 1 aromatic heterocycles. The molecule has 0 aromatic carbocycles. The maximum Gasteiger partial charge on any atom is 0.340 e. The topological polar surface area (TPSA) is 50.2 Å². The van der Waals surface area contributed by atoms with E-state index in [4.69, 9.17) is 5.11 Å². The molecule has 0 radical (unpaired) electrons. The molecule has 0 unspecified atom stereocenters. The fourth-order valence-corrected chi connectivity index (χ4v) is 1.07. The third-order valence-corrected chi connectivity index (χ3v) is 1.91. The molecule has 0 aliphatic rings. The van der Waals surface area contributed by atoms with E-state index in [1.54, 1.807) is 6.26 Å². The number of pyridine rings is 1. The Morgan fingerprint density at radius 2 is 2.33 bits per heavy atom. The Bertz CT molecular complexity index is 316. The van der Waals surface area contributed by atoms with Crippen LogP contribution in [0.25, 0.3) is 0 Å². The molecule has 1 heterocycles. The Labute approximate surface area is 72.6 Å². The quantitative estimate of drug-likeness (QED) is 0.564. The number of halogens is 1. The number of nitrogens with zero attached hydrogens (tertiary/aromatic N) is 1. The van der Waals surface area contributed by atoms with Crippen molar-refractivity contribution >= 4 is 17.7 Å². The van der Waals surface area contributed by atoms with Crippen molar-refractivity contribution in [3.8, 4) is 0 Å². The van der Waals surface area contributed by atoms with Crippen LogP contribution in [0.3, 0.4) is 0 Å². The van der Waals surface area contributed by atoms with Crippen LogP contribution in [0.1, 0.15) is 10.4 Å². The first-order valence-electron chi connectivity index (χ1n) is 3.09. The molecule has 0 spiro atoms. The lowest BCUT2D eigenvalue weighted by Crippen LogP contribution is -2.02. The second-order valence-corrected chi connectivity index (χ2v) is 2.82. The van der Waals surface area contributed by atoms with Crippen LogP contribution in [0.2, 0.25) is 0 Å². The highest BCUT2D eigenvalue weighted by Gasteiger charge is 2.10. The molecule has 1 N–H and O–H groups in total. The highest BCUT2D eigenvalue weighted by molar-refractivity contribution is 7.98. The zero-order valence-corrected chi connectivity index (χ0v) is 7.06. The largest absolute Gasteiger partial charge is 0.478 e. The standard InChI is InChI=1S/C7H6FNO2S/c1-12-5-3-2-4(7(10)11)6(8)9-5/h2-3H,1H3,(H,10,11). The van der Waals surface area contributed by atoms with E-state index in [2.05, 4.69) is 4.98 Å². The summed E-state index contributed by atoms with van der Waals surface area (Å²) in [6.45, 7) is 0. The van der Waals surface area contributed by atoms with E-state index >= 15 is 0 Å². The summed E-state index contributed by atoms with van der Waals surface area (Å²) < 4.78 is 12.8. The van der Waals surface area contributed by atoms with Gasteiger partial charge in [0.2, 0.25) is 5.95 Å². The third kappa shape index (κ3) is 1.73. The van der Waals surface area contributed by atoms with Gasteiger partial charge in [-0.05, 0) is 18.4 Å². The Kier molecular flexibility index (Phi) is 2.65. The summed E-state index contributed by atoms with van der Waals surface area (Å²) in [5.41, 5.74) is -0.396. The summed E-state index contributed by atoms with van der Waals surface area (Å²) in [4.78, 5) is 13.8. The fraction of sp³-hybridized carbons (Fsp3) is 0.143. The monoisotopic (exact) mass is 187 g/mol. The molecule has 0 aliphatic heterocycles. The van der Waals surface area contributed by atoms with Crippen LogP contribution in [-0.2, 0) is 0 Å². The van der Waals surface area contributed by atoms with Crippen molar-refractivity contribution in [2.75, 3.05) is 6.26 Å². The average molecular weight is 187 g/mol. The lowest BCUT2D eigenvalue weighted by Gasteiger charge is -1.97. The number of rotatable bonds is 2. The predicted molar refractivity (Wildman–Crippen MR) is 42.9 cm³/mol. The number of hydrogen-bond acceptors (Lipinski definition) is 3. The zero-order chi connectivity index (χ0) is 9.14. The first-order valence-corrected chi connectivity index (χ1v) is 4.31. The first-order chi connectivity index (χ1) is 5.65. The van der Waals surface area contributed by atoms with Gasteiger partial charge in [0, 0.05) is 0 Å². The average Bonchev–Trinajstić information content (AvgIpc) is 2.03. The van der Waals surface area contributed by atoms with Gasteiger partial charge >= 0.3 is 5.97 Å². The number of carbonyl (C=O) groups is 1. The first kappa shape index (κ1) is 8.99. The lowest BCUT2D eigenvalue weighted by atomic mass is 10.3. The summed E-state index contributed by atoms with van der Waals surface area (Å²) in [5.74, 6) is -2.23. The lowest BCUT2D eigenvalue weighted by molar-refractivity contribution is 0.0690. The molecule has 0 amide bonds. The van der Waals surface area contributed by atoms with Crippen molar-refractivity contribution in [1.29, 1.82) is 0 Å².